The summed E-state index contributed by atoms with van der Waals surface area (Å²) in [5.74, 6) is 0. The Balaban J connectivity index is 2.91. The third-order valence-electron chi connectivity index (χ3n) is 1.87. The molecular formula is C6H11N3O3. The van der Waals surface area contributed by atoms with Crippen molar-refractivity contribution in [1.82, 2.24) is 14.7 Å². The van der Waals surface area contributed by atoms with Crippen molar-refractivity contribution < 1.29 is 14.7 Å². The molecule has 0 aromatic heterocycles. The third kappa shape index (κ3) is 1.00. The lowest BCUT2D eigenvalue weighted by molar-refractivity contribution is -0.0697. The number of carbonyl (C=O) groups excluding carboxylic acids is 2. The lowest BCUT2D eigenvalue weighted by atomic mass is 10.5. The molecule has 0 aromatic rings. The molecule has 4 amide bonds. The van der Waals surface area contributed by atoms with Gasteiger partial charge in [-0.25, -0.2) is 14.5 Å². The number of hydrogen-bond donors (Lipinski definition) is 1. The lowest BCUT2D eigenvalue weighted by Crippen LogP contribution is -2.62. The molecular weight excluding hydrogens is 162 g/mol. The minimum absolute atomic E-state index is 0.509. The predicted octanol–water partition coefficient (Wildman–Crippen LogP) is -0.689. The molecule has 0 bridgehead atoms. The van der Waals surface area contributed by atoms with Crippen LogP contribution < -0.4 is 0 Å². The molecule has 1 heterocycles. The van der Waals surface area contributed by atoms with Crippen LogP contribution in [0.3, 0.4) is 0 Å². The molecule has 0 aliphatic carbocycles. The molecule has 1 fully saturated rings. The van der Waals surface area contributed by atoms with Crippen molar-refractivity contribution in [3.8, 4) is 0 Å². The maximum Gasteiger partial charge on any atom is 0.331 e. The van der Waals surface area contributed by atoms with E-state index in [2.05, 4.69) is 0 Å². The van der Waals surface area contributed by atoms with Crippen LogP contribution in [0.4, 0.5) is 9.59 Å². The number of nitrogens with zero attached hydrogens (tertiary/aromatic N) is 3. The molecule has 1 aliphatic heterocycles. The van der Waals surface area contributed by atoms with Gasteiger partial charge in [0.2, 0.25) is 6.35 Å². The monoisotopic (exact) mass is 173 g/mol. The van der Waals surface area contributed by atoms with E-state index in [4.69, 9.17) is 0 Å². The molecule has 0 unspecified atom stereocenters. The second-order valence-electron chi connectivity index (χ2n) is 2.69. The normalized spacial score (nSPS) is 20.8. The summed E-state index contributed by atoms with van der Waals surface area (Å²) in [5.41, 5.74) is 0. The van der Waals surface area contributed by atoms with Gasteiger partial charge in [0.15, 0.2) is 0 Å². The van der Waals surface area contributed by atoms with Crippen LogP contribution in [0, 0.1) is 0 Å². The van der Waals surface area contributed by atoms with Crippen molar-refractivity contribution in [2.45, 2.75) is 6.35 Å². The van der Waals surface area contributed by atoms with E-state index in [1.807, 2.05) is 0 Å². The molecule has 6 nitrogen and oxygen atoms in total. The van der Waals surface area contributed by atoms with Crippen molar-refractivity contribution in [3.05, 3.63) is 0 Å². The highest BCUT2D eigenvalue weighted by Crippen LogP contribution is 2.11. The molecule has 1 aliphatic rings. The molecule has 12 heavy (non-hydrogen) atoms. The molecule has 68 valence electrons. The maximum absolute atomic E-state index is 11.1. The number of urea groups is 2. The second kappa shape index (κ2) is 2.63. The summed E-state index contributed by atoms with van der Waals surface area (Å²) >= 11 is 0. The van der Waals surface area contributed by atoms with Crippen molar-refractivity contribution in [2.24, 2.45) is 0 Å². The number of amides is 4. The van der Waals surface area contributed by atoms with Crippen LogP contribution in [0.2, 0.25) is 0 Å². The first-order valence-electron chi connectivity index (χ1n) is 3.42. The summed E-state index contributed by atoms with van der Waals surface area (Å²) in [5, 5.41) is 9.29. The van der Waals surface area contributed by atoms with Gasteiger partial charge in [0.05, 0.1) is 0 Å². The largest absolute Gasteiger partial charge is 0.356 e. The van der Waals surface area contributed by atoms with E-state index in [0.29, 0.717) is 0 Å². The minimum atomic E-state index is -1.17. The third-order valence-corrected chi connectivity index (χ3v) is 1.87. The molecule has 0 atom stereocenters. The number of carbonyl (C=O) groups is 2. The van der Waals surface area contributed by atoms with Gasteiger partial charge in [-0.2, -0.15) is 0 Å². The summed E-state index contributed by atoms with van der Waals surface area (Å²) in [6.45, 7) is 0. The lowest BCUT2D eigenvalue weighted by Gasteiger charge is -2.39. The Morgan fingerprint density at radius 2 is 1.42 bits per heavy atom. The van der Waals surface area contributed by atoms with Crippen molar-refractivity contribution in [1.29, 1.82) is 0 Å². The Bertz CT molecular complexity index is 208. The number of aliphatic hydroxyl groups excluding tert-OH is 1. The van der Waals surface area contributed by atoms with E-state index >= 15 is 0 Å². The number of hydrogen-bond acceptors (Lipinski definition) is 3. The Hall–Kier alpha value is -1.30. The molecule has 1 rings (SSSR count). The summed E-state index contributed by atoms with van der Waals surface area (Å²) in [7, 11) is 4.21. The standard InChI is InChI=1S/C6H11N3O3/c1-7-4(10)8(2)6(12)9(3)5(7)11/h4,10H,1-3H3. The second-order valence-corrected chi connectivity index (χ2v) is 2.69. The van der Waals surface area contributed by atoms with Crippen LogP contribution in [-0.2, 0) is 0 Å². The number of rotatable bonds is 0. The van der Waals surface area contributed by atoms with Gasteiger partial charge in [0.25, 0.3) is 0 Å². The van der Waals surface area contributed by atoms with Gasteiger partial charge in [-0.15, -0.1) is 0 Å². The maximum atomic E-state index is 11.1. The zero-order chi connectivity index (χ0) is 9.46. The molecule has 1 N–H and O–H groups in total. The molecule has 0 radical (unpaired) electrons. The van der Waals surface area contributed by atoms with Crippen molar-refractivity contribution in [3.63, 3.8) is 0 Å². The first-order valence-corrected chi connectivity index (χ1v) is 3.42. The van der Waals surface area contributed by atoms with Gasteiger partial charge in [-0.1, -0.05) is 0 Å². The molecule has 0 saturated carbocycles. The Labute approximate surface area is 70.0 Å². The zero-order valence-electron chi connectivity index (χ0n) is 7.18. The fourth-order valence-corrected chi connectivity index (χ4v) is 1.01. The van der Waals surface area contributed by atoms with Gasteiger partial charge >= 0.3 is 12.1 Å². The van der Waals surface area contributed by atoms with E-state index in [0.717, 1.165) is 14.7 Å². The first-order chi connectivity index (χ1) is 5.46. The number of aliphatic hydroxyl groups is 1. The van der Waals surface area contributed by atoms with E-state index in [1.165, 1.54) is 21.1 Å². The SMILES string of the molecule is CN1C(=O)N(C)C(O)N(C)C1=O. The predicted molar refractivity (Wildman–Crippen MR) is 40.1 cm³/mol. The van der Waals surface area contributed by atoms with Crippen LogP contribution >= 0.6 is 0 Å². The molecule has 6 heteroatoms. The summed E-state index contributed by atoms with van der Waals surface area (Å²) in [4.78, 5) is 25.4. The summed E-state index contributed by atoms with van der Waals surface area (Å²) < 4.78 is 0. The van der Waals surface area contributed by atoms with Crippen LogP contribution in [0.1, 0.15) is 0 Å². The Morgan fingerprint density at radius 1 is 1.08 bits per heavy atom. The van der Waals surface area contributed by atoms with Crippen LogP contribution in [0.5, 0.6) is 0 Å². The fourth-order valence-electron chi connectivity index (χ4n) is 1.01. The van der Waals surface area contributed by atoms with Gasteiger partial charge in [-0.05, 0) is 0 Å². The Morgan fingerprint density at radius 3 is 1.75 bits per heavy atom. The van der Waals surface area contributed by atoms with Gasteiger partial charge < -0.3 is 5.11 Å². The van der Waals surface area contributed by atoms with E-state index in [9.17, 15) is 14.7 Å². The number of imide groups is 1. The molecule has 0 aromatic carbocycles. The van der Waals surface area contributed by atoms with Gasteiger partial charge in [-0.3, -0.25) is 9.80 Å². The van der Waals surface area contributed by atoms with Crippen molar-refractivity contribution in [2.75, 3.05) is 21.1 Å². The summed E-state index contributed by atoms with van der Waals surface area (Å²) in [6, 6.07) is -1.02. The Kier molecular flexibility index (Phi) is 1.93. The minimum Gasteiger partial charge on any atom is -0.356 e. The topological polar surface area (TPSA) is 64.1 Å². The van der Waals surface area contributed by atoms with E-state index in [1.54, 1.807) is 0 Å². The van der Waals surface area contributed by atoms with Gasteiger partial charge in [0.1, 0.15) is 0 Å². The first kappa shape index (κ1) is 8.79. The highest BCUT2D eigenvalue weighted by Gasteiger charge is 2.36. The smallest absolute Gasteiger partial charge is 0.331 e. The van der Waals surface area contributed by atoms with Crippen LogP contribution in [0.25, 0.3) is 0 Å². The molecule has 0 spiro atoms. The molecule has 1 saturated heterocycles. The average Bonchev–Trinajstić information content (AvgIpc) is 2.08. The average molecular weight is 173 g/mol. The van der Waals surface area contributed by atoms with Gasteiger partial charge in [0, 0.05) is 21.1 Å². The summed E-state index contributed by atoms with van der Waals surface area (Å²) in [6.07, 6.45) is -1.17. The fraction of sp³-hybridized carbons (Fsp3) is 0.667. The van der Waals surface area contributed by atoms with Crippen LogP contribution in [-0.4, -0.2) is 59.4 Å². The van der Waals surface area contributed by atoms with Crippen molar-refractivity contribution >= 4 is 12.1 Å². The highest BCUT2D eigenvalue weighted by atomic mass is 16.3. The van der Waals surface area contributed by atoms with E-state index in [-0.39, 0.29) is 0 Å². The van der Waals surface area contributed by atoms with Crippen LogP contribution in [0.15, 0.2) is 0 Å². The quantitative estimate of drug-likeness (QED) is 0.527. The highest BCUT2D eigenvalue weighted by molar-refractivity contribution is 5.95. The zero-order valence-corrected chi connectivity index (χ0v) is 7.18. The van der Waals surface area contributed by atoms with E-state index < -0.39 is 18.4 Å².